The lowest BCUT2D eigenvalue weighted by Crippen LogP contribution is -2.11. The van der Waals surface area contributed by atoms with E-state index >= 15 is 0 Å². The first kappa shape index (κ1) is 22.5. The number of ether oxygens (including phenoxy) is 2. The van der Waals surface area contributed by atoms with Crippen molar-refractivity contribution >= 4 is 22.9 Å². The monoisotopic (exact) mass is 463 g/mol. The Kier molecular flexibility index (Phi) is 6.36. The van der Waals surface area contributed by atoms with E-state index in [1.807, 2.05) is 54.6 Å². The van der Waals surface area contributed by atoms with Gasteiger partial charge in [-0.3, -0.25) is 0 Å². The van der Waals surface area contributed by atoms with Crippen LogP contribution < -0.4 is 15.1 Å². The van der Waals surface area contributed by atoms with Crippen LogP contribution in [0.1, 0.15) is 42.6 Å². The highest BCUT2D eigenvalue weighted by atomic mass is 16.5. The molecule has 0 spiro atoms. The van der Waals surface area contributed by atoms with Crippen molar-refractivity contribution in [1.82, 2.24) is 0 Å². The first-order valence-electron chi connectivity index (χ1n) is 11.8. The SMILES string of the molecule is COc1cccc(OC2CCCC2)c1/C=C/c1oc(=O)c2ccccc2c1-c1ccc(C#N)cc1. The Morgan fingerprint density at radius 3 is 2.34 bits per heavy atom. The first-order chi connectivity index (χ1) is 17.2. The number of hydrogen-bond donors (Lipinski definition) is 0. The second kappa shape index (κ2) is 9.90. The van der Waals surface area contributed by atoms with E-state index in [0.717, 1.165) is 40.7 Å². The van der Waals surface area contributed by atoms with Gasteiger partial charge in [-0.05, 0) is 73.7 Å². The Morgan fingerprint density at radius 2 is 1.63 bits per heavy atom. The summed E-state index contributed by atoms with van der Waals surface area (Å²) < 4.78 is 17.7. The molecular formula is C30H25NO4. The Morgan fingerprint density at radius 1 is 0.914 bits per heavy atom. The number of nitrogens with zero attached hydrogens (tertiary/aromatic N) is 1. The van der Waals surface area contributed by atoms with E-state index < -0.39 is 5.63 Å². The fourth-order valence-corrected chi connectivity index (χ4v) is 4.66. The van der Waals surface area contributed by atoms with Crippen LogP contribution >= 0.6 is 0 Å². The Bertz CT molecular complexity index is 1490. The molecule has 0 aliphatic heterocycles. The number of nitriles is 1. The minimum absolute atomic E-state index is 0.196. The molecule has 0 N–H and O–H groups in total. The van der Waals surface area contributed by atoms with Crippen LogP contribution in [0.4, 0.5) is 0 Å². The maximum absolute atomic E-state index is 12.8. The van der Waals surface area contributed by atoms with E-state index in [2.05, 4.69) is 6.07 Å². The van der Waals surface area contributed by atoms with Crippen molar-refractivity contribution in [3.63, 3.8) is 0 Å². The van der Waals surface area contributed by atoms with Crippen LogP contribution in [-0.2, 0) is 0 Å². The van der Waals surface area contributed by atoms with Gasteiger partial charge in [0.05, 0.1) is 35.8 Å². The largest absolute Gasteiger partial charge is 0.496 e. The van der Waals surface area contributed by atoms with Gasteiger partial charge in [-0.1, -0.05) is 36.4 Å². The average molecular weight is 464 g/mol. The molecule has 5 rings (SSSR count). The number of fused-ring (bicyclic) bond motifs is 1. The van der Waals surface area contributed by atoms with Crippen LogP contribution in [0.15, 0.2) is 75.9 Å². The number of methoxy groups -OCH3 is 1. The molecule has 35 heavy (non-hydrogen) atoms. The van der Waals surface area contributed by atoms with E-state index in [1.54, 1.807) is 31.4 Å². The number of rotatable bonds is 6. The van der Waals surface area contributed by atoms with E-state index in [4.69, 9.17) is 13.9 Å². The summed E-state index contributed by atoms with van der Waals surface area (Å²) >= 11 is 0. The lowest BCUT2D eigenvalue weighted by atomic mass is 9.97. The minimum Gasteiger partial charge on any atom is -0.496 e. The smallest absolute Gasteiger partial charge is 0.344 e. The van der Waals surface area contributed by atoms with Crippen LogP contribution in [0.2, 0.25) is 0 Å². The Balaban J connectivity index is 1.65. The molecule has 5 nitrogen and oxygen atoms in total. The first-order valence-corrected chi connectivity index (χ1v) is 11.8. The van der Waals surface area contributed by atoms with E-state index in [-0.39, 0.29) is 6.10 Å². The maximum Gasteiger partial charge on any atom is 0.344 e. The zero-order valence-electron chi connectivity index (χ0n) is 19.5. The molecule has 1 heterocycles. The molecule has 0 bridgehead atoms. The van der Waals surface area contributed by atoms with Gasteiger partial charge in [0.2, 0.25) is 0 Å². The highest BCUT2D eigenvalue weighted by Gasteiger charge is 2.19. The van der Waals surface area contributed by atoms with Gasteiger partial charge in [-0.2, -0.15) is 5.26 Å². The summed E-state index contributed by atoms with van der Waals surface area (Å²) in [6, 6.07) is 22.5. The van der Waals surface area contributed by atoms with Crippen LogP contribution in [0.25, 0.3) is 34.1 Å². The second-order valence-corrected chi connectivity index (χ2v) is 8.59. The lowest BCUT2D eigenvalue weighted by molar-refractivity contribution is 0.208. The average Bonchev–Trinajstić information content (AvgIpc) is 3.41. The molecule has 3 aromatic carbocycles. The molecule has 1 aliphatic carbocycles. The van der Waals surface area contributed by atoms with Crippen LogP contribution in [0.3, 0.4) is 0 Å². The van der Waals surface area contributed by atoms with Gasteiger partial charge < -0.3 is 13.9 Å². The van der Waals surface area contributed by atoms with Crippen molar-refractivity contribution in [3.05, 3.63) is 94.0 Å². The van der Waals surface area contributed by atoms with E-state index in [9.17, 15) is 10.1 Å². The zero-order valence-corrected chi connectivity index (χ0v) is 19.5. The molecule has 5 heteroatoms. The summed E-state index contributed by atoms with van der Waals surface area (Å²) in [6.07, 6.45) is 8.31. The highest BCUT2D eigenvalue weighted by Crippen LogP contribution is 2.36. The molecule has 4 aromatic rings. The second-order valence-electron chi connectivity index (χ2n) is 8.59. The topological polar surface area (TPSA) is 72.5 Å². The summed E-state index contributed by atoms with van der Waals surface area (Å²) in [5.74, 6) is 1.85. The predicted octanol–water partition coefficient (Wildman–Crippen LogP) is 6.83. The van der Waals surface area contributed by atoms with Gasteiger partial charge in [0.1, 0.15) is 17.3 Å². The zero-order chi connectivity index (χ0) is 24.2. The fourth-order valence-electron chi connectivity index (χ4n) is 4.66. The van der Waals surface area contributed by atoms with E-state index in [0.29, 0.717) is 22.5 Å². The molecule has 1 aromatic heterocycles. The van der Waals surface area contributed by atoms with Gasteiger partial charge in [-0.15, -0.1) is 0 Å². The third kappa shape index (κ3) is 4.56. The molecular weight excluding hydrogens is 438 g/mol. The van der Waals surface area contributed by atoms with Gasteiger partial charge in [0, 0.05) is 10.9 Å². The molecule has 174 valence electrons. The Hall–Kier alpha value is -4.30. The molecule has 1 fully saturated rings. The predicted molar refractivity (Wildman–Crippen MR) is 137 cm³/mol. The number of hydrogen-bond acceptors (Lipinski definition) is 5. The molecule has 1 aliphatic rings. The molecule has 1 saturated carbocycles. The highest BCUT2D eigenvalue weighted by molar-refractivity contribution is 5.99. The summed E-state index contributed by atoms with van der Waals surface area (Å²) in [5, 5.41) is 10.5. The molecule has 0 atom stereocenters. The molecule has 0 saturated heterocycles. The minimum atomic E-state index is -0.403. The fraction of sp³-hybridized carbons (Fsp3) is 0.200. The van der Waals surface area contributed by atoms with Gasteiger partial charge in [-0.25, -0.2) is 4.79 Å². The third-order valence-corrected chi connectivity index (χ3v) is 6.41. The van der Waals surface area contributed by atoms with Gasteiger partial charge >= 0.3 is 5.63 Å². The summed E-state index contributed by atoms with van der Waals surface area (Å²) in [4.78, 5) is 12.8. The van der Waals surface area contributed by atoms with Crippen LogP contribution in [0, 0.1) is 11.3 Å². The Labute approximate surface area is 203 Å². The maximum atomic E-state index is 12.8. The van der Waals surface area contributed by atoms with Gasteiger partial charge in [0.25, 0.3) is 0 Å². The normalized spacial score (nSPS) is 13.8. The number of benzene rings is 3. The van der Waals surface area contributed by atoms with Crippen molar-refractivity contribution in [2.45, 2.75) is 31.8 Å². The van der Waals surface area contributed by atoms with Crippen molar-refractivity contribution in [3.8, 4) is 28.7 Å². The molecule has 0 radical (unpaired) electrons. The standard InChI is InChI=1S/C30H25NO4/c1-33-26-11-6-12-27(34-22-7-2-3-8-22)25(26)17-18-28-29(21-15-13-20(19-31)14-16-21)23-9-4-5-10-24(23)30(32)35-28/h4-6,9-18,22H,2-3,7-8H2,1H3/b18-17+. The molecule has 0 unspecified atom stereocenters. The van der Waals surface area contributed by atoms with Gasteiger partial charge in [0.15, 0.2) is 0 Å². The summed E-state index contributed by atoms with van der Waals surface area (Å²) in [7, 11) is 1.63. The summed E-state index contributed by atoms with van der Waals surface area (Å²) in [6.45, 7) is 0. The van der Waals surface area contributed by atoms with Crippen molar-refractivity contribution in [1.29, 1.82) is 5.26 Å². The molecule has 0 amide bonds. The third-order valence-electron chi connectivity index (χ3n) is 6.41. The van der Waals surface area contributed by atoms with Crippen LogP contribution in [0.5, 0.6) is 11.5 Å². The van der Waals surface area contributed by atoms with E-state index in [1.165, 1.54) is 12.8 Å². The van der Waals surface area contributed by atoms with Crippen molar-refractivity contribution in [2.24, 2.45) is 0 Å². The summed E-state index contributed by atoms with van der Waals surface area (Å²) in [5.41, 5.74) is 2.60. The lowest BCUT2D eigenvalue weighted by Gasteiger charge is -2.17. The van der Waals surface area contributed by atoms with Crippen molar-refractivity contribution in [2.75, 3.05) is 7.11 Å². The van der Waals surface area contributed by atoms with Crippen LogP contribution in [-0.4, -0.2) is 13.2 Å². The quantitative estimate of drug-likeness (QED) is 0.313. The van der Waals surface area contributed by atoms with Crippen molar-refractivity contribution < 1.29 is 13.9 Å².